The van der Waals surface area contributed by atoms with Crippen LogP contribution in [0.25, 0.3) is 10.9 Å². The van der Waals surface area contributed by atoms with E-state index in [1.807, 2.05) is 0 Å². The first-order valence-electron chi connectivity index (χ1n) is 7.81. The average Bonchev–Trinajstić information content (AvgIpc) is 2.96. The van der Waals surface area contributed by atoms with Crippen LogP contribution in [0.3, 0.4) is 0 Å². The summed E-state index contributed by atoms with van der Waals surface area (Å²) in [6.45, 7) is 0. The molecule has 0 radical (unpaired) electrons. The van der Waals surface area contributed by atoms with E-state index in [2.05, 4.69) is 20.3 Å². The minimum Gasteiger partial charge on any atom is -0.508 e. The number of fused-ring (bicyclic) bond motifs is 1. The number of rotatable bonds is 4. The molecule has 1 aliphatic carbocycles. The lowest BCUT2D eigenvalue weighted by Gasteiger charge is -2.26. The van der Waals surface area contributed by atoms with Crippen molar-refractivity contribution in [2.24, 2.45) is 0 Å². The summed E-state index contributed by atoms with van der Waals surface area (Å²) in [6, 6.07) is 6.71. The number of aromatic nitrogens is 3. The zero-order valence-electron chi connectivity index (χ0n) is 13.2. The number of carbonyl (C=O) groups is 1. The Morgan fingerprint density at radius 2 is 2.12 bits per heavy atom. The van der Waals surface area contributed by atoms with Crippen LogP contribution in [0.15, 0.2) is 30.6 Å². The number of benzene rings is 1. The predicted molar refractivity (Wildman–Crippen MR) is 94.0 cm³/mol. The summed E-state index contributed by atoms with van der Waals surface area (Å²) in [4.78, 5) is 22.5. The Hall–Kier alpha value is -3.42. The van der Waals surface area contributed by atoms with Crippen molar-refractivity contribution in [2.45, 2.75) is 18.9 Å². The summed E-state index contributed by atoms with van der Waals surface area (Å²) in [7, 11) is 0. The third-order valence-electron chi connectivity index (χ3n) is 4.29. The lowest BCUT2D eigenvalue weighted by molar-refractivity contribution is -0.124. The normalized spacial score (nSPS) is 14.5. The molecule has 1 fully saturated rings. The van der Waals surface area contributed by atoms with E-state index in [0.29, 0.717) is 29.9 Å². The molecule has 0 unspecified atom stereocenters. The van der Waals surface area contributed by atoms with Crippen LogP contribution in [0.1, 0.15) is 24.1 Å². The number of hydrogen-bond acceptors (Lipinski definition) is 7. The second-order valence-corrected chi connectivity index (χ2v) is 6.10. The Morgan fingerprint density at radius 1 is 1.32 bits per heavy atom. The van der Waals surface area contributed by atoms with Crippen molar-refractivity contribution in [3.8, 4) is 5.75 Å². The van der Waals surface area contributed by atoms with Gasteiger partial charge in [-0.2, -0.15) is 0 Å². The number of aromatic hydroxyl groups is 1. The third-order valence-corrected chi connectivity index (χ3v) is 4.29. The average molecular weight is 336 g/mol. The van der Waals surface area contributed by atoms with E-state index in [4.69, 9.17) is 11.1 Å². The Balaban J connectivity index is 1.71. The minimum absolute atomic E-state index is 0.00742. The highest BCUT2D eigenvalue weighted by molar-refractivity contribution is 6.16. The standard InChI is InChI=1S/C17H16N6O2/c18-15(13-4-8-3-10(24)1-2-12(8)23-13)14-16(19)20-7-21-17(14)22-9-5-11(25)6-9/h1-4,7,9,18,23-24H,5-6H2,(H3,19,20,21,22). The van der Waals surface area contributed by atoms with Crippen LogP contribution in [-0.4, -0.2) is 37.6 Å². The van der Waals surface area contributed by atoms with E-state index < -0.39 is 0 Å². The molecular formula is C17H16N6O2. The second-order valence-electron chi connectivity index (χ2n) is 6.10. The van der Waals surface area contributed by atoms with E-state index in [0.717, 1.165) is 10.9 Å². The Kier molecular flexibility index (Phi) is 3.38. The van der Waals surface area contributed by atoms with Gasteiger partial charge in [-0.1, -0.05) is 0 Å². The van der Waals surface area contributed by atoms with Crippen LogP contribution in [-0.2, 0) is 4.79 Å². The zero-order valence-corrected chi connectivity index (χ0v) is 13.2. The SMILES string of the molecule is N=C(c1cc2cc(O)ccc2[nH]1)c1c(N)ncnc1NC1CC(=O)C1. The fraction of sp³-hybridized carbons (Fsp3) is 0.176. The maximum absolute atomic E-state index is 11.2. The second kappa shape index (κ2) is 5.59. The molecule has 0 amide bonds. The molecule has 4 rings (SSSR count). The molecule has 0 spiro atoms. The van der Waals surface area contributed by atoms with Gasteiger partial charge in [0.25, 0.3) is 0 Å². The van der Waals surface area contributed by atoms with Crippen molar-refractivity contribution in [3.05, 3.63) is 41.9 Å². The Morgan fingerprint density at radius 3 is 2.88 bits per heavy atom. The maximum Gasteiger partial charge on any atom is 0.141 e. The van der Waals surface area contributed by atoms with E-state index in [1.54, 1.807) is 24.3 Å². The largest absolute Gasteiger partial charge is 0.508 e. The Bertz CT molecular complexity index is 1000. The lowest BCUT2D eigenvalue weighted by Crippen LogP contribution is -2.36. The molecular weight excluding hydrogens is 320 g/mol. The fourth-order valence-corrected chi connectivity index (χ4v) is 2.93. The van der Waals surface area contributed by atoms with Gasteiger partial charge in [-0.05, 0) is 24.3 Å². The molecule has 8 nitrogen and oxygen atoms in total. The zero-order chi connectivity index (χ0) is 17.6. The first-order chi connectivity index (χ1) is 12.0. The quantitative estimate of drug-likeness (QED) is 0.460. The smallest absolute Gasteiger partial charge is 0.141 e. The predicted octanol–water partition coefficient (Wildman–Crippen LogP) is 1.81. The third kappa shape index (κ3) is 2.67. The van der Waals surface area contributed by atoms with Crippen molar-refractivity contribution in [2.75, 3.05) is 11.1 Å². The van der Waals surface area contributed by atoms with Crippen LogP contribution in [0, 0.1) is 5.41 Å². The number of Topliss-reactive ketones (excluding diaryl/α,β-unsaturated/α-hetero) is 1. The summed E-state index contributed by atoms with van der Waals surface area (Å²) in [5.74, 6) is 0.988. The molecule has 2 aromatic heterocycles. The number of ketones is 1. The van der Waals surface area contributed by atoms with Gasteiger partial charge in [0.05, 0.1) is 17.0 Å². The minimum atomic E-state index is 0.00742. The van der Waals surface area contributed by atoms with Crippen molar-refractivity contribution in [1.82, 2.24) is 15.0 Å². The van der Waals surface area contributed by atoms with Gasteiger partial charge < -0.3 is 21.1 Å². The molecule has 6 N–H and O–H groups in total. The van der Waals surface area contributed by atoms with Crippen molar-refractivity contribution in [1.29, 1.82) is 5.41 Å². The molecule has 1 aromatic carbocycles. The molecule has 2 heterocycles. The number of nitrogens with two attached hydrogens (primary N) is 1. The van der Waals surface area contributed by atoms with Crippen molar-refractivity contribution in [3.63, 3.8) is 0 Å². The number of nitrogens with zero attached hydrogens (tertiary/aromatic N) is 2. The number of phenolic OH excluding ortho intramolecular Hbond substituents is 1. The summed E-state index contributed by atoms with van der Waals surface area (Å²) >= 11 is 0. The molecule has 126 valence electrons. The van der Waals surface area contributed by atoms with Gasteiger partial charge in [0, 0.05) is 29.8 Å². The van der Waals surface area contributed by atoms with E-state index in [1.165, 1.54) is 6.33 Å². The maximum atomic E-state index is 11.2. The highest BCUT2D eigenvalue weighted by Gasteiger charge is 2.28. The van der Waals surface area contributed by atoms with Crippen molar-refractivity contribution >= 4 is 34.0 Å². The van der Waals surface area contributed by atoms with E-state index >= 15 is 0 Å². The molecule has 0 atom stereocenters. The molecule has 3 aromatic rings. The number of phenols is 1. The number of nitrogen functional groups attached to an aromatic ring is 1. The summed E-state index contributed by atoms with van der Waals surface area (Å²) in [5.41, 5.74) is 7.85. The van der Waals surface area contributed by atoms with Gasteiger partial charge in [0.2, 0.25) is 0 Å². The number of aromatic amines is 1. The topological polar surface area (TPSA) is 141 Å². The molecule has 25 heavy (non-hydrogen) atoms. The summed E-state index contributed by atoms with van der Waals surface area (Å²) < 4.78 is 0. The Labute approximate surface area is 142 Å². The van der Waals surface area contributed by atoms with Crippen LogP contribution in [0.5, 0.6) is 5.75 Å². The number of hydrogen-bond donors (Lipinski definition) is 5. The number of nitrogens with one attached hydrogen (secondary N) is 3. The van der Waals surface area contributed by atoms with Crippen LogP contribution >= 0.6 is 0 Å². The molecule has 0 bridgehead atoms. The first kappa shape index (κ1) is 15.1. The molecule has 0 saturated heterocycles. The number of anilines is 2. The summed E-state index contributed by atoms with van der Waals surface area (Å²) in [6.07, 6.45) is 2.23. The lowest BCUT2D eigenvalue weighted by atomic mass is 9.91. The molecule has 1 aliphatic rings. The number of carbonyl (C=O) groups excluding carboxylic acids is 1. The van der Waals surface area contributed by atoms with Gasteiger partial charge in [-0.25, -0.2) is 9.97 Å². The van der Waals surface area contributed by atoms with Gasteiger partial charge in [0.1, 0.15) is 29.5 Å². The molecule has 1 saturated carbocycles. The first-order valence-corrected chi connectivity index (χ1v) is 7.81. The van der Waals surface area contributed by atoms with Gasteiger partial charge in [-0.3, -0.25) is 10.2 Å². The van der Waals surface area contributed by atoms with Gasteiger partial charge >= 0.3 is 0 Å². The molecule has 8 heteroatoms. The highest BCUT2D eigenvalue weighted by Crippen LogP contribution is 2.27. The van der Waals surface area contributed by atoms with Crippen LogP contribution in [0.2, 0.25) is 0 Å². The van der Waals surface area contributed by atoms with E-state index in [9.17, 15) is 9.90 Å². The van der Waals surface area contributed by atoms with Crippen LogP contribution < -0.4 is 11.1 Å². The van der Waals surface area contributed by atoms with Gasteiger partial charge in [0.15, 0.2) is 0 Å². The molecule has 0 aliphatic heterocycles. The highest BCUT2D eigenvalue weighted by atomic mass is 16.3. The fourth-order valence-electron chi connectivity index (χ4n) is 2.93. The van der Waals surface area contributed by atoms with Gasteiger partial charge in [-0.15, -0.1) is 0 Å². The van der Waals surface area contributed by atoms with Crippen molar-refractivity contribution < 1.29 is 9.90 Å². The summed E-state index contributed by atoms with van der Waals surface area (Å²) in [5, 5.41) is 22.1. The number of H-pyrrole nitrogens is 1. The monoisotopic (exact) mass is 336 g/mol. The van der Waals surface area contributed by atoms with E-state index in [-0.39, 0.29) is 29.1 Å². The van der Waals surface area contributed by atoms with Crippen LogP contribution in [0.4, 0.5) is 11.6 Å².